The first kappa shape index (κ1) is 17.0. The monoisotopic (exact) mass is 336 g/mol. The van der Waals surface area contributed by atoms with Crippen LogP contribution in [0.1, 0.15) is 67.0 Å². The maximum Gasteiger partial charge on any atom is 0.249 e. The fraction of sp³-hybridized carbons (Fsp3) is 0.250. The molecule has 0 radical (unpaired) electrons. The van der Waals surface area contributed by atoms with Gasteiger partial charge in [-0.1, -0.05) is 37.3 Å². The second-order valence-corrected chi connectivity index (χ2v) is 6.31. The van der Waals surface area contributed by atoms with Crippen LogP contribution in [-0.4, -0.2) is 31.1 Å². The molecule has 1 aliphatic rings. The molecule has 0 bridgehead atoms. The van der Waals surface area contributed by atoms with E-state index in [2.05, 4.69) is 5.32 Å². The van der Waals surface area contributed by atoms with Crippen LogP contribution in [0, 0.1) is 0 Å². The second kappa shape index (κ2) is 6.61. The fourth-order valence-corrected chi connectivity index (χ4v) is 3.40. The number of fused-ring (bicyclic) bond motifs is 2. The van der Waals surface area contributed by atoms with E-state index < -0.39 is 5.91 Å². The molecule has 0 aromatic heterocycles. The van der Waals surface area contributed by atoms with Crippen molar-refractivity contribution < 1.29 is 14.4 Å². The highest BCUT2D eigenvalue weighted by Crippen LogP contribution is 2.34. The molecule has 0 fully saturated rings. The summed E-state index contributed by atoms with van der Waals surface area (Å²) in [4.78, 5) is 37.9. The lowest BCUT2D eigenvalue weighted by atomic mass is 9.78. The molecule has 5 heteroatoms. The van der Waals surface area contributed by atoms with Gasteiger partial charge in [0, 0.05) is 22.3 Å². The quantitative estimate of drug-likeness (QED) is 0.748. The van der Waals surface area contributed by atoms with Gasteiger partial charge in [-0.3, -0.25) is 14.4 Å². The molecule has 25 heavy (non-hydrogen) atoms. The molecule has 1 aliphatic carbocycles. The summed E-state index contributed by atoms with van der Waals surface area (Å²) in [5.74, 6) is -1.21. The molecule has 0 heterocycles. The minimum atomic E-state index is -0.677. The van der Waals surface area contributed by atoms with Crippen molar-refractivity contribution in [3.8, 4) is 0 Å². The van der Waals surface area contributed by atoms with Gasteiger partial charge in [-0.2, -0.15) is 0 Å². The summed E-state index contributed by atoms with van der Waals surface area (Å²) in [6.45, 7) is 2.75. The third kappa shape index (κ3) is 2.76. The predicted octanol–water partition coefficient (Wildman–Crippen LogP) is 2.27. The summed E-state index contributed by atoms with van der Waals surface area (Å²) in [5.41, 5.74) is 7.58. The lowest BCUT2D eigenvalue weighted by molar-refractivity contribution is 0.0963. The molecule has 2 aromatic carbocycles. The van der Waals surface area contributed by atoms with Gasteiger partial charge in [0.1, 0.15) is 0 Å². The highest BCUT2D eigenvalue weighted by Gasteiger charge is 2.34. The van der Waals surface area contributed by atoms with Crippen molar-refractivity contribution >= 4 is 17.5 Å². The Labute approximate surface area is 146 Å². The molecule has 0 spiro atoms. The third-order valence-electron chi connectivity index (χ3n) is 4.73. The van der Waals surface area contributed by atoms with E-state index in [4.69, 9.17) is 5.73 Å². The summed E-state index contributed by atoms with van der Waals surface area (Å²) in [5, 5.41) is 3.07. The molecule has 5 nitrogen and oxygen atoms in total. The molecule has 0 saturated carbocycles. The molecule has 3 rings (SSSR count). The van der Waals surface area contributed by atoms with E-state index >= 15 is 0 Å². The molecule has 0 aliphatic heterocycles. The normalized spacial score (nSPS) is 14.0. The lowest BCUT2D eigenvalue weighted by Crippen LogP contribution is -2.28. The minimum Gasteiger partial charge on any atom is -0.366 e. The minimum absolute atomic E-state index is 0.0281. The number of hydrogen-bond acceptors (Lipinski definition) is 4. The number of nitrogens with one attached hydrogen (secondary N) is 1. The summed E-state index contributed by atoms with van der Waals surface area (Å²) < 4.78 is 0. The Morgan fingerprint density at radius 1 is 1.04 bits per heavy atom. The Bertz CT molecular complexity index is 887. The van der Waals surface area contributed by atoms with Crippen LogP contribution in [0.5, 0.6) is 0 Å². The van der Waals surface area contributed by atoms with Gasteiger partial charge in [0.25, 0.3) is 0 Å². The van der Waals surface area contributed by atoms with Crippen LogP contribution in [-0.2, 0) is 0 Å². The summed E-state index contributed by atoms with van der Waals surface area (Å²) in [6.07, 6.45) is 0.786. The summed E-state index contributed by atoms with van der Waals surface area (Å²) >= 11 is 0. The number of ketones is 2. The Morgan fingerprint density at radius 3 is 2.28 bits per heavy atom. The van der Waals surface area contributed by atoms with Gasteiger partial charge in [-0.05, 0) is 37.6 Å². The largest absolute Gasteiger partial charge is 0.366 e. The van der Waals surface area contributed by atoms with E-state index in [9.17, 15) is 14.4 Å². The number of carbonyl (C=O) groups is 3. The van der Waals surface area contributed by atoms with Crippen molar-refractivity contribution in [2.75, 3.05) is 13.6 Å². The average molecular weight is 336 g/mol. The maximum absolute atomic E-state index is 13.0. The lowest BCUT2D eigenvalue weighted by Gasteiger charge is -2.23. The van der Waals surface area contributed by atoms with Crippen molar-refractivity contribution in [3.05, 3.63) is 69.8 Å². The zero-order valence-corrected chi connectivity index (χ0v) is 14.3. The number of nitrogens with two attached hydrogens (primary N) is 1. The summed E-state index contributed by atoms with van der Waals surface area (Å²) in [7, 11) is 1.85. The van der Waals surface area contributed by atoms with Crippen LogP contribution in [0.15, 0.2) is 36.4 Å². The molecule has 1 amide bonds. The van der Waals surface area contributed by atoms with E-state index in [1.165, 1.54) is 0 Å². The van der Waals surface area contributed by atoms with Crippen molar-refractivity contribution in [3.63, 3.8) is 0 Å². The van der Waals surface area contributed by atoms with Gasteiger partial charge < -0.3 is 11.1 Å². The van der Waals surface area contributed by atoms with Crippen LogP contribution in [0.25, 0.3) is 0 Å². The molecule has 1 unspecified atom stereocenters. The molecule has 3 N–H and O–H groups in total. The van der Waals surface area contributed by atoms with Gasteiger partial charge in [-0.25, -0.2) is 0 Å². The second-order valence-electron chi connectivity index (χ2n) is 6.31. The van der Waals surface area contributed by atoms with Crippen LogP contribution < -0.4 is 11.1 Å². The number of primary amides is 1. The van der Waals surface area contributed by atoms with Crippen molar-refractivity contribution in [2.24, 2.45) is 5.73 Å². The van der Waals surface area contributed by atoms with Gasteiger partial charge >= 0.3 is 0 Å². The number of carbonyl (C=O) groups excluding carboxylic acids is 3. The van der Waals surface area contributed by atoms with E-state index in [1.54, 1.807) is 36.4 Å². The Hall–Kier alpha value is -2.79. The van der Waals surface area contributed by atoms with Crippen LogP contribution >= 0.6 is 0 Å². The van der Waals surface area contributed by atoms with E-state index in [0.717, 1.165) is 13.0 Å². The Kier molecular flexibility index (Phi) is 4.51. The SMILES string of the molecule is CNCCC(C)c1ccc2c(c1C(N)=O)C(=O)c1ccccc1C2=O. The van der Waals surface area contributed by atoms with Crippen molar-refractivity contribution in [1.29, 1.82) is 0 Å². The first-order valence-corrected chi connectivity index (χ1v) is 8.27. The average Bonchev–Trinajstić information content (AvgIpc) is 2.62. The zero-order valence-electron chi connectivity index (χ0n) is 14.3. The molecule has 1 atom stereocenters. The third-order valence-corrected chi connectivity index (χ3v) is 4.73. The fourth-order valence-electron chi connectivity index (χ4n) is 3.40. The maximum atomic E-state index is 13.0. The first-order chi connectivity index (χ1) is 12.0. The van der Waals surface area contributed by atoms with Gasteiger partial charge in [0.2, 0.25) is 5.91 Å². The van der Waals surface area contributed by atoms with E-state index in [0.29, 0.717) is 16.7 Å². The van der Waals surface area contributed by atoms with Crippen LogP contribution in [0.4, 0.5) is 0 Å². The number of amides is 1. The van der Waals surface area contributed by atoms with Gasteiger partial charge in [-0.15, -0.1) is 0 Å². The topological polar surface area (TPSA) is 89.3 Å². The summed E-state index contributed by atoms with van der Waals surface area (Å²) in [6, 6.07) is 10.1. The molecule has 2 aromatic rings. The van der Waals surface area contributed by atoms with Crippen molar-refractivity contribution in [1.82, 2.24) is 5.32 Å². The van der Waals surface area contributed by atoms with Crippen molar-refractivity contribution in [2.45, 2.75) is 19.3 Å². The zero-order chi connectivity index (χ0) is 18.1. The van der Waals surface area contributed by atoms with E-state index in [1.807, 2.05) is 14.0 Å². The highest BCUT2D eigenvalue weighted by atomic mass is 16.1. The Morgan fingerprint density at radius 2 is 1.68 bits per heavy atom. The number of hydrogen-bond donors (Lipinski definition) is 2. The number of benzene rings is 2. The van der Waals surface area contributed by atoms with Crippen LogP contribution in [0.3, 0.4) is 0 Å². The smallest absolute Gasteiger partial charge is 0.249 e. The van der Waals surface area contributed by atoms with Gasteiger partial charge in [0.05, 0.1) is 5.56 Å². The van der Waals surface area contributed by atoms with Crippen LogP contribution in [0.2, 0.25) is 0 Å². The standard InChI is InChI=1S/C20H20N2O3/c1-11(9-10-22-2)12-7-8-15-16(17(12)20(21)25)19(24)14-6-4-3-5-13(14)18(15)23/h3-8,11,22H,9-10H2,1-2H3,(H2,21,25). The highest BCUT2D eigenvalue weighted by molar-refractivity contribution is 6.30. The molecule has 128 valence electrons. The first-order valence-electron chi connectivity index (χ1n) is 8.27. The van der Waals surface area contributed by atoms with E-state index in [-0.39, 0.29) is 34.2 Å². The molecular formula is C20H20N2O3. The predicted molar refractivity (Wildman–Crippen MR) is 95.2 cm³/mol. The molecular weight excluding hydrogens is 316 g/mol. The Balaban J connectivity index is 2.22. The molecule has 0 saturated heterocycles. The number of rotatable bonds is 5. The van der Waals surface area contributed by atoms with Gasteiger partial charge in [0.15, 0.2) is 11.6 Å².